The van der Waals surface area contributed by atoms with Gasteiger partial charge in [0.05, 0.1) is 18.4 Å². The van der Waals surface area contributed by atoms with Crippen LogP contribution in [-0.2, 0) is 11.3 Å². The maximum absolute atomic E-state index is 12.7. The second-order valence-electron chi connectivity index (χ2n) is 10.1. The number of nitrogens with zero attached hydrogens (tertiary/aromatic N) is 4. The summed E-state index contributed by atoms with van der Waals surface area (Å²) in [5, 5.41) is 6.17. The van der Waals surface area contributed by atoms with Crippen LogP contribution in [0, 0.1) is 5.92 Å². The van der Waals surface area contributed by atoms with Crippen molar-refractivity contribution in [2.75, 3.05) is 51.2 Å². The van der Waals surface area contributed by atoms with Crippen LogP contribution in [0.15, 0.2) is 41.3 Å². The fourth-order valence-electron chi connectivity index (χ4n) is 5.35. The van der Waals surface area contributed by atoms with Crippen LogP contribution in [0.4, 0.5) is 10.6 Å². The average molecular weight is 532 g/mol. The van der Waals surface area contributed by atoms with Gasteiger partial charge in [-0.05, 0) is 68.5 Å². The Balaban J connectivity index is 0.00000320. The molecule has 3 aliphatic heterocycles. The molecule has 10 nitrogen and oxygen atoms in total. The Morgan fingerprint density at radius 3 is 2.46 bits per heavy atom. The number of urea groups is 1. The number of aromatic nitrogens is 2. The number of hydrogen-bond donors (Lipinski definition) is 3. The highest BCUT2D eigenvalue weighted by atomic mass is 35.5. The molecule has 1 aromatic heterocycles. The number of carbonyl (C=O) groups excluding carboxylic acids is 1. The summed E-state index contributed by atoms with van der Waals surface area (Å²) >= 11 is 0. The van der Waals surface area contributed by atoms with E-state index in [1.165, 1.54) is 10.1 Å². The summed E-state index contributed by atoms with van der Waals surface area (Å²) in [6.07, 6.45) is 5.79. The van der Waals surface area contributed by atoms with E-state index in [0.717, 1.165) is 70.7 Å². The Morgan fingerprint density at radius 2 is 1.81 bits per heavy atom. The summed E-state index contributed by atoms with van der Waals surface area (Å²) < 4.78 is 7.37. The molecule has 11 heteroatoms. The molecule has 202 valence electrons. The minimum absolute atomic E-state index is 0. The van der Waals surface area contributed by atoms with Gasteiger partial charge in [0.2, 0.25) is 0 Å². The number of ether oxygens (including phenoxy) is 1. The zero-order valence-electron chi connectivity index (χ0n) is 21.2. The van der Waals surface area contributed by atoms with E-state index in [4.69, 9.17) is 10.5 Å². The van der Waals surface area contributed by atoms with Gasteiger partial charge >= 0.3 is 11.7 Å². The molecule has 3 saturated heterocycles. The second kappa shape index (κ2) is 12.8. The van der Waals surface area contributed by atoms with Crippen molar-refractivity contribution in [2.24, 2.45) is 11.7 Å². The number of benzene rings is 1. The number of nitrogens with one attached hydrogen (secondary N) is 2. The molecule has 37 heavy (non-hydrogen) atoms. The molecule has 0 radical (unpaired) electrons. The van der Waals surface area contributed by atoms with Gasteiger partial charge in [0.25, 0.3) is 0 Å². The molecular weight excluding hydrogens is 494 g/mol. The van der Waals surface area contributed by atoms with Gasteiger partial charge in [0, 0.05) is 45.0 Å². The first-order chi connectivity index (χ1) is 17.5. The molecule has 1 atom stereocenters. The number of piperidine rings is 2. The summed E-state index contributed by atoms with van der Waals surface area (Å²) in [5.74, 6) is 0.733. The number of likely N-dealkylation sites (tertiary alicyclic amines) is 2. The zero-order chi connectivity index (χ0) is 24.9. The molecule has 2 aromatic rings. The van der Waals surface area contributed by atoms with Crippen LogP contribution in [0.2, 0.25) is 0 Å². The molecule has 2 amide bonds. The predicted molar refractivity (Wildman–Crippen MR) is 145 cm³/mol. The minimum atomic E-state index is -0.425. The van der Waals surface area contributed by atoms with E-state index in [2.05, 4.69) is 20.5 Å². The highest BCUT2D eigenvalue weighted by Crippen LogP contribution is 2.24. The summed E-state index contributed by atoms with van der Waals surface area (Å²) in [4.78, 5) is 33.7. The lowest BCUT2D eigenvalue weighted by Crippen LogP contribution is -2.48. The van der Waals surface area contributed by atoms with E-state index in [9.17, 15) is 9.59 Å². The van der Waals surface area contributed by atoms with Gasteiger partial charge in [-0.3, -0.25) is 14.8 Å². The molecule has 5 rings (SSSR count). The monoisotopic (exact) mass is 531 g/mol. The molecule has 3 aliphatic rings. The van der Waals surface area contributed by atoms with E-state index < -0.39 is 5.69 Å². The molecule has 4 heterocycles. The summed E-state index contributed by atoms with van der Waals surface area (Å²) in [5.41, 5.74) is 7.52. The van der Waals surface area contributed by atoms with Crippen LogP contribution in [0.5, 0.6) is 0 Å². The quantitative estimate of drug-likeness (QED) is 0.538. The Labute approximate surface area is 224 Å². The first kappa shape index (κ1) is 27.5. The molecular formula is C26H38ClN7O3. The van der Waals surface area contributed by atoms with Gasteiger partial charge in [-0.25, -0.2) is 9.59 Å². The van der Waals surface area contributed by atoms with Gasteiger partial charge < -0.3 is 20.7 Å². The lowest BCUT2D eigenvalue weighted by molar-refractivity contribution is -0.0236. The smallest absolute Gasteiger partial charge is 0.354 e. The minimum Gasteiger partial charge on any atom is -0.375 e. The molecule has 1 unspecified atom stereocenters. The normalized spacial score (nSPS) is 21.9. The highest BCUT2D eigenvalue weighted by molar-refractivity contribution is 5.88. The standard InChI is InChI=1S/C26H37N7O3.ClH/c27-21-7-11-31(12-8-21)18-19-1-3-22(4-2-19)33-15-9-24(30-26(33)35)29-25(34)32-13-5-20(6-14-32)23-17-28-10-16-36-23;/h1-4,9,15,20-21,23,28H,5-8,10-14,16-18,27H2,(H,29,30,34,35);1H. The van der Waals surface area contributed by atoms with Crippen LogP contribution in [0.25, 0.3) is 5.69 Å². The summed E-state index contributed by atoms with van der Waals surface area (Å²) in [6, 6.07) is 9.72. The Hall–Kier alpha value is -2.50. The van der Waals surface area contributed by atoms with Crippen molar-refractivity contribution >= 4 is 24.3 Å². The van der Waals surface area contributed by atoms with Crippen LogP contribution >= 0.6 is 12.4 Å². The molecule has 1 aromatic carbocycles. The number of hydrogen-bond acceptors (Lipinski definition) is 7. The first-order valence-corrected chi connectivity index (χ1v) is 13.1. The maximum Gasteiger partial charge on any atom is 0.354 e. The third-order valence-electron chi connectivity index (χ3n) is 7.60. The van der Waals surface area contributed by atoms with E-state index in [1.807, 2.05) is 24.3 Å². The Kier molecular flexibility index (Phi) is 9.55. The largest absolute Gasteiger partial charge is 0.375 e. The summed E-state index contributed by atoms with van der Waals surface area (Å²) in [7, 11) is 0. The van der Waals surface area contributed by atoms with Gasteiger partial charge in [-0.15, -0.1) is 12.4 Å². The van der Waals surface area contributed by atoms with E-state index in [0.29, 0.717) is 25.0 Å². The van der Waals surface area contributed by atoms with Crippen LogP contribution in [0.1, 0.15) is 31.2 Å². The van der Waals surface area contributed by atoms with Crippen molar-refractivity contribution < 1.29 is 9.53 Å². The van der Waals surface area contributed by atoms with Crippen molar-refractivity contribution in [2.45, 2.75) is 44.4 Å². The number of carbonyl (C=O) groups is 1. The van der Waals surface area contributed by atoms with Crippen molar-refractivity contribution in [1.82, 2.24) is 24.7 Å². The van der Waals surface area contributed by atoms with Crippen LogP contribution < -0.4 is 22.1 Å². The van der Waals surface area contributed by atoms with Crippen LogP contribution in [0.3, 0.4) is 0 Å². The third-order valence-corrected chi connectivity index (χ3v) is 7.60. The van der Waals surface area contributed by atoms with Gasteiger partial charge in [-0.1, -0.05) is 12.1 Å². The van der Waals surface area contributed by atoms with Crippen molar-refractivity contribution in [3.8, 4) is 5.69 Å². The molecule has 3 fully saturated rings. The lowest BCUT2D eigenvalue weighted by Gasteiger charge is -2.37. The van der Waals surface area contributed by atoms with Gasteiger partial charge in [0.15, 0.2) is 0 Å². The fraction of sp³-hybridized carbons (Fsp3) is 0.577. The highest BCUT2D eigenvalue weighted by Gasteiger charge is 2.30. The number of rotatable bonds is 5. The third kappa shape index (κ3) is 7.08. The van der Waals surface area contributed by atoms with Crippen LogP contribution in [-0.4, -0.2) is 83.4 Å². The molecule has 0 saturated carbocycles. The number of anilines is 1. The van der Waals surface area contributed by atoms with Gasteiger partial charge in [0.1, 0.15) is 5.82 Å². The van der Waals surface area contributed by atoms with Crippen molar-refractivity contribution in [3.05, 3.63) is 52.6 Å². The average Bonchev–Trinajstić information content (AvgIpc) is 2.91. The molecule has 0 aliphatic carbocycles. The molecule has 0 spiro atoms. The topological polar surface area (TPSA) is 118 Å². The number of morpholine rings is 1. The SMILES string of the molecule is Cl.NC1CCN(Cc2ccc(-n3ccc(NC(=O)N4CCC(C5CNCCO5)CC4)nc3=O)cc2)CC1. The second-order valence-corrected chi connectivity index (χ2v) is 10.1. The van der Waals surface area contributed by atoms with E-state index in [1.54, 1.807) is 17.2 Å². The predicted octanol–water partition coefficient (Wildman–Crippen LogP) is 1.81. The van der Waals surface area contributed by atoms with E-state index >= 15 is 0 Å². The Bertz CT molecular complexity index is 1070. The number of nitrogens with two attached hydrogens (primary N) is 1. The first-order valence-electron chi connectivity index (χ1n) is 13.1. The van der Waals surface area contributed by atoms with E-state index in [-0.39, 0.29) is 30.4 Å². The lowest BCUT2D eigenvalue weighted by atomic mass is 9.90. The molecule has 4 N–H and O–H groups in total. The maximum atomic E-state index is 12.7. The molecule has 0 bridgehead atoms. The van der Waals surface area contributed by atoms with Crippen molar-refractivity contribution in [3.63, 3.8) is 0 Å². The number of amides is 2. The van der Waals surface area contributed by atoms with Gasteiger partial charge in [-0.2, -0.15) is 4.98 Å². The summed E-state index contributed by atoms with van der Waals surface area (Å²) in [6.45, 7) is 6.80. The van der Waals surface area contributed by atoms with Crippen molar-refractivity contribution in [1.29, 1.82) is 0 Å². The zero-order valence-corrected chi connectivity index (χ0v) is 22.0. The number of halogens is 1. The Morgan fingerprint density at radius 1 is 1.08 bits per heavy atom. The fourth-order valence-corrected chi connectivity index (χ4v) is 5.35.